The molecule has 1 saturated carbocycles. The van der Waals surface area contributed by atoms with Crippen molar-refractivity contribution in [2.24, 2.45) is 5.41 Å². The molecule has 200 valence electrons. The molecular weight excluding hydrogens is 502 g/mol. The van der Waals surface area contributed by atoms with Gasteiger partial charge in [-0.1, -0.05) is 26.0 Å². The summed E-state index contributed by atoms with van der Waals surface area (Å²) in [5.41, 5.74) is 3.39. The number of nitrogens with one attached hydrogen (secondary N) is 1. The maximum absolute atomic E-state index is 14.5. The fraction of sp³-hybridized carbons (Fsp3) is 0.345. The smallest absolute Gasteiger partial charge is 0.241 e. The topological polar surface area (TPSA) is 106 Å². The average molecular weight is 531 g/mol. The minimum atomic E-state index is -0.665. The zero-order valence-electron chi connectivity index (χ0n) is 21.7. The van der Waals surface area contributed by atoms with Crippen molar-refractivity contribution in [2.75, 3.05) is 13.2 Å². The Balaban J connectivity index is 1.38. The van der Waals surface area contributed by atoms with Crippen molar-refractivity contribution in [3.63, 3.8) is 0 Å². The molecule has 2 N–H and O–H groups in total. The van der Waals surface area contributed by atoms with Crippen LogP contribution >= 0.6 is 0 Å². The second-order valence-electron chi connectivity index (χ2n) is 10.8. The highest BCUT2D eigenvalue weighted by Gasteiger charge is 2.65. The van der Waals surface area contributed by atoms with Crippen LogP contribution in [0.15, 0.2) is 54.9 Å². The molecule has 2 aliphatic rings. The largest absolute Gasteiger partial charge is 0.395 e. The predicted octanol–water partition coefficient (Wildman–Crippen LogP) is 3.99. The number of aliphatic hydroxyl groups is 1. The molecule has 0 spiro atoms. The predicted molar refractivity (Wildman–Crippen MR) is 139 cm³/mol. The van der Waals surface area contributed by atoms with Crippen LogP contribution in [0.1, 0.15) is 49.6 Å². The van der Waals surface area contributed by atoms with Crippen molar-refractivity contribution in [3.8, 4) is 22.5 Å². The number of carbonyl (C=O) groups excluding carboxylic acids is 1. The SMILES string of the molecule is CC1(C)[C@H]2CC[C@]1(c1cccc(-c3cnn(CC(=O)NCCO)c3)n1)c1nnc(-c3c(F)cccc3F)cc12. The summed E-state index contributed by atoms with van der Waals surface area (Å²) in [5, 5.41) is 24.7. The van der Waals surface area contributed by atoms with Gasteiger partial charge in [0, 0.05) is 18.3 Å². The highest BCUT2D eigenvalue weighted by molar-refractivity contribution is 5.75. The van der Waals surface area contributed by atoms with Crippen LogP contribution in [-0.4, -0.2) is 49.1 Å². The van der Waals surface area contributed by atoms with Crippen LogP contribution in [0, 0.1) is 17.0 Å². The van der Waals surface area contributed by atoms with Gasteiger partial charge in [0.2, 0.25) is 5.91 Å². The quantitative estimate of drug-likeness (QED) is 0.374. The van der Waals surface area contributed by atoms with Crippen LogP contribution in [0.2, 0.25) is 0 Å². The van der Waals surface area contributed by atoms with Crippen LogP contribution in [0.3, 0.4) is 0 Å². The first-order valence-electron chi connectivity index (χ1n) is 13.0. The molecule has 39 heavy (non-hydrogen) atoms. The third-order valence-electron chi connectivity index (χ3n) is 8.46. The molecule has 0 radical (unpaired) electrons. The van der Waals surface area contributed by atoms with Gasteiger partial charge in [0.05, 0.1) is 46.6 Å². The summed E-state index contributed by atoms with van der Waals surface area (Å²) in [6, 6.07) is 11.4. The lowest BCUT2D eigenvalue weighted by Crippen LogP contribution is -2.37. The molecule has 2 aliphatic carbocycles. The number of nitrogens with zero attached hydrogens (tertiary/aromatic N) is 5. The number of benzene rings is 1. The first-order valence-corrected chi connectivity index (χ1v) is 13.0. The fourth-order valence-corrected chi connectivity index (χ4v) is 6.57. The number of hydrogen-bond donors (Lipinski definition) is 2. The lowest BCUT2D eigenvalue weighted by molar-refractivity contribution is -0.122. The van der Waals surface area contributed by atoms with E-state index in [1.54, 1.807) is 18.5 Å². The van der Waals surface area contributed by atoms with Crippen LogP contribution in [0.5, 0.6) is 0 Å². The summed E-state index contributed by atoms with van der Waals surface area (Å²) in [4.78, 5) is 17.1. The van der Waals surface area contributed by atoms with Crippen LogP contribution < -0.4 is 5.32 Å². The normalized spacial score (nSPS) is 20.7. The molecule has 1 aromatic carbocycles. The van der Waals surface area contributed by atoms with E-state index in [1.807, 2.05) is 18.2 Å². The molecule has 1 fully saturated rings. The zero-order valence-corrected chi connectivity index (χ0v) is 21.7. The van der Waals surface area contributed by atoms with Gasteiger partial charge in [-0.2, -0.15) is 10.2 Å². The monoisotopic (exact) mass is 530 g/mol. The molecule has 0 aliphatic heterocycles. The molecule has 6 rings (SSSR count). The summed E-state index contributed by atoms with van der Waals surface area (Å²) in [5.74, 6) is -1.43. The van der Waals surface area contributed by atoms with Crippen molar-refractivity contribution < 1.29 is 18.7 Å². The highest BCUT2D eigenvalue weighted by Crippen LogP contribution is 2.69. The first-order chi connectivity index (χ1) is 18.8. The number of aliphatic hydroxyl groups excluding tert-OH is 1. The second-order valence-corrected chi connectivity index (χ2v) is 10.8. The van der Waals surface area contributed by atoms with Crippen molar-refractivity contribution in [1.29, 1.82) is 0 Å². The minimum absolute atomic E-state index is 0.0340. The van der Waals surface area contributed by atoms with E-state index < -0.39 is 17.0 Å². The van der Waals surface area contributed by atoms with E-state index in [0.717, 1.165) is 41.1 Å². The Bertz CT molecular complexity index is 1570. The molecule has 4 aromatic rings. The third kappa shape index (κ3) is 3.84. The lowest BCUT2D eigenvalue weighted by atomic mass is 9.66. The molecule has 8 nitrogen and oxygen atoms in total. The number of amides is 1. The minimum Gasteiger partial charge on any atom is -0.395 e. The molecule has 3 aromatic heterocycles. The Labute approximate surface area is 224 Å². The second kappa shape index (κ2) is 9.30. The van der Waals surface area contributed by atoms with Gasteiger partial charge < -0.3 is 10.4 Å². The van der Waals surface area contributed by atoms with Gasteiger partial charge in [0.25, 0.3) is 0 Å². The summed E-state index contributed by atoms with van der Waals surface area (Å²) in [6.07, 6.45) is 5.17. The van der Waals surface area contributed by atoms with Gasteiger partial charge in [-0.25, -0.2) is 8.78 Å². The Hall–Kier alpha value is -4.05. The zero-order chi connectivity index (χ0) is 27.4. The molecule has 0 saturated heterocycles. The average Bonchev–Trinajstić information content (AvgIpc) is 3.55. The maximum Gasteiger partial charge on any atom is 0.241 e. The Morgan fingerprint density at radius 1 is 1.13 bits per heavy atom. The van der Waals surface area contributed by atoms with Crippen LogP contribution in [-0.2, 0) is 16.8 Å². The summed E-state index contributed by atoms with van der Waals surface area (Å²) < 4.78 is 30.6. The standard InChI is InChI=1S/C29H28F2N6O2/c1-28(2)19-9-10-29(28,27-18(19)13-23(35-36-27)26-20(30)5-3-6-21(26)31)24-8-4-7-22(34-24)17-14-33-37(15-17)16-25(39)32-11-12-38/h3-8,13-15,19,38H,9-12,16H2,1-2H3,(H,32,39)/t19-,29-/m0/s1. The van der Waals surface area contributed by atoms with Crippen molar-refractivity contribution >= 4 is 5.91 Å². The summed E-state index contributed by atoms with van der Waals surface area (Å²) >= 11 is 0. The van der Waals surface area contributed by atoms with Gasteiger partial charge in [0.15, 0.2) is 0 Å². The molecule has 1 amide bonds. The number of halogens is 2. The van der Waals surface area contributed by atoms with Gasteiger partial charge in [-0.15, -0.1) is 5.10 Å². The number of pyridine rings is 1. The molecular formula is C29H28F2N6O2. The van der Waals surface area contributed by atoms with Crippen molar-refractivity contribution in [2.45, 2.75) is 44.6 Å². The Morgan fingerprint density at radius 2 is 1.90 bits per heavy atom. The summed E-state index contributed by atoms with van der Waals surface area (Å²) in [6.45, 7) is 4.50. The van der Waals surface area contributed by atoms with Crippen LogP contribution in [0.4, 0.5) is 8.78 Å². The number of rotatable bonds is 7. The molecule has 2 bridgehead atoms. The van der Waals surface area contributed by atoms with E-state index in [9.17, 15) is 13.6 Å². The highest BCUT2D eigenvalue weighted by atomic mass is 19.1. The third-order valence-corrected chi connectivity index (χ3v) is 8.46. The van der Waals surface area contributed by atoms with E-state index in [1.165, 1.54) is 22.9 Å². The fourth-order valence-electron chi connectivity index (χ4n) is 6.57. The summed E-state index contributed by atoms with van der Waals surface area (Å²) in [7, 11) is 0. The van der Waals surface area contributed by atoms with Crippen molar-refractivity contribution in [1.82, 2.24) is 30.3 Å². The van der Waals surface area contributed by atoms with E-state index in [0.29, 0.717) is 0 Å². The number of carbonyl (C=O) groups is 1. The number of fused-ring (bicyclic) bond motifs is 5. The first kappa shape index (κ1) is 25.2. The number of hydrogen-bond acceptors (Lipinski definition) is 6. The number of aromatic nitrogens is 5. The van der Waals surface area contributed by atoms with Gasteiger partial charge >= 0.3 is 0 Å². The van der Waals surface area contributed by atoms with E-state index in [4.69, 9.17) is 10.1 Å². The van der Waals surface area contributed by atoms with Gasteiger partial charge in [-0.05, 0) is 60.1 Å². The molecule has 2 atom stereocenters. The van der Waals surface area contributed by atoms with Crippen LogP contribution in [0.25, 0.3) is 22.5 Å². The molecule has 3 heterocycles. The lowest BCUT2D eigenvalue weighted by Gasteiger charge is -2.37. The maximum atomic E-state index is 14.5. The Morgan fingerprint density at radius 3 is 2.67 bits per heavy atom. The van der Waals surface area contributed by atoms with Gasteiger partial charge in [0.1, 0.15) is 18.2 Å². The molecule has 0 unspecified atom stereocenters. The Kier molecular flexibility index (Phi) is 6.02. The van der Waals surface area contributed by atoms with E-state index >= 15 is 0 Å². The van der Waals surface area contributed by atoms with E-state index in [-0.39, 0.29) is 48.2 Å². The van der Waals surface area contributed by atoms with Crippen molar-refractivity contribution in [3.05, 3.63) is 83.4 Å². The van der Waals surface area contributed by atoms with Gasteiger partial charge in [-0.3, -0.25) is 14.5 Å². The molecule has 10 heteroatoms. The van der Waals surface area contributed by atoms with E-state index in [2.05, 4.69) is 34.5 Å².